The number of morpholine rings is 1. The second-order valence-corrected chi connectivity index (χ2v) is 4.50. The van der Waals surface area contributed by atoms with Crippen molar-refractivity contribution in [2.24, 2.45) is 0 Å². The van der Waals surface area contributed by atoms with E-state index >= 15 is 0 Å². The van der Waals surface area contributed by atoms with Gasteiger partial charge < -0.3 is 15.0 Å². The summed E-state index contributed by atoms with van der Waals surface area (Å²) in [5.41, 5.74) is 0. The molecule has 1 aromatic rings. The Bertz CT molecular complexity index is 344. The van der Waals surface area contributed by atoms with Gasteiger partial charge in [0.05, 0.1) is 24.3 Å². The molecular weight excluding hydrogens is 238 g/mol. The topological polar surface area (TPSA) is 37.4 Å². The lowest BCUT2D eigenvalue weighted by atomic mass is 10.2. The van der Waals surface area contributed by atoms with Crippen LogP contribution in [0.5, 0.6) is 0 Å². The van der Waals surface area contributed by atoms with E-state index in [1.54, 1.807) is 6.20 Å². The van der Waals surface area contributed by atoms with E-state index in [9.17, 15) is 0 Å². The van der Waals surface area contributed by atoms with Gasteiger partial charge in [-0.25, -0.2) is 4.98 Å². The number of halogens is 1. The van der Waals surface area contributed by atoms with Crippen LogP contribution in [0.15, 0.2) is 18.3 Å². The summed E-state index contributed by atoms with van der Waals surface area (Å²) in [5, 5.41) is 4.03. The van der Waals surface area contributed by atoms with Crippen molar-refractivity contribution in [2.75, 3.05) is 37.7 Å². The Morgan fingerprint density at radius 1 is 1.59 bits per heavy atom. The summed E-state index contributed by atoms with van der Waals surface area (Å²) >= 11 is 5.85. The van der Waals surface area contributed by atoms with Crippen LogP contribution in [0.25, 0.3) is 0 Å². The van der Waals surface area contributed by atoms with Gasteiger partial charge in [0.2, 0.25) is 0 Å². The molecule has 1 aliphatic heterocycles. The average molecular weight is 256 g/mol. The van der Waals surface area contributed by atoms with Crippen LogP contribution in [-0.2, 0) is 4.74 Å². The van der Waals surface area contributed by atoms with Crippen molar-refractivity contribution in [3.05, 3.63) is 23.4 Å². The lowest BCUT2D eigenvalue weighted by Gasteiger charge is -2.36. The van der Waals surface area contributed by atoms with Crippen LogP contribution in [0.2, 0.25) is 5.02 Å². The first-order valence-corrected chi connectivity index (χ1v) is 6.35. The van der Waals surface area contributed by atoms with Crippen molar-refractivity contribution in [1.82, 2.24) is 10.3 Å². The van der Waals surface area contributed by atoms with Crippen LogP contribution >= 0.6 is 11.6 Å². The summed E-state index contributed by atoms with van der Waals surface area (Å²) in [7, 11) is 0. The van der Waals surface area contributed by atoms with E-state index in [4.69, 9.17) is 16.3 Å². The lowest BCUT2D eigenvalue weighted by Crippen LogP contribution is -2.50. The van der Waals surface area contributed by atoms with Gasteiger partial charge in [-0.15, -0.1) is 0 Å². The number of rotatable bonds is 4. The number of ether oxygens (including phenoxy) is 1. The number of aromatic nitrogens is 1. The minimum absolute atomic E-state index is 0.345. The van der Waals surface area contributed by atoms with E-state index in [-0.39, 0.29) is 0 Å². The fourth-order valence-corrected chi connectivity index (χ4v) is 2.09. The molecule has 1 fully saturated rings. The Morgan fingerprint density at radius 2 is 2.47 bits per heavy atom. The van der Waals surface area contributed by atoms with Gasteiger partial charge >= 0.3 is 0 Å². The Morgan fingerprint density at radius 3 is 3.18 bits per heavy atom. The van der Waals surface area contributed by atoms with E-state index in [2.05, 4.69) is 22.1 Å². The van der Waals surface area contributed by atoms with E-state index in [1.807, 2.05) is 12.1 Å². The number of hydrogen-bond donors (Lipinski definition) is 1. The third-order valence-electron chi connectivity index (χ3n) is 2.86. The number of pyridine rings is 1. The van der Waals surface area contributed by atoms with Crippen LogP contribution in [-0.4, -0.2) is 43.9 Å². The molecule has 4 nitrogen and oxygen atoms in total. The highest BCUT2D eigenvalue weighted by Crippen LogP contribution is 2.18. The van der Waals surface area contributed by atoms with Gasteiger partial charge in [-0.05, 0) is 18.7 Å². The van der Waals surface area contributed by atoms with Crippen molar-refractivity contribution in [3.63, 3.8) is 0 Å². The highest BCUT2D eigenvalue weighted by atomic mass is 35.5. The monoisotopic (exact) mass is 255 g/mol. The highest BCUT2D eigenvalue weighted by Gasteiger charge is 2.23. The molecule has 94 valence electrons. The maximum atomic E-state index is 5.85. The highest BCUT2D eigenvalue weighted by molar-refractivity contribution is 6.30. The molecule has 1 aromatic heterocycles. The molecular formula is C12H18ClN3O. The maximum Gasteiger partial charge on any atom is 0.129 e. The first-order chi connectivity index (χ1) is 8.31. The van der Waals surface area contributed by atoms with Crippen molar-refractivity contribution in [1.29, 1.82) is 0 Å². The van der Waals surface area contributed by atoms with Gasteiger partial charge in [-0.2, -0.15) is 0 Å². The quantitative estimate of drug-likeness (QED) is 0.886. The summed E-state index contributed by atoms with van der Waals surface area (Å²) in [6.07, 6.45) is 1.69. The van der Waals surface area contributed by atoms with Crippen LogP contribution in [0, 0.1) is 0 Å². The van der Waals surface area contributed by atoms with Crippen molar-refractivity contribution < 1.29 is 4.74 Å². The molecule has 0 spiro atoms. The number of nitrogens with zero attached hydrogens (tertiary/aromatic N) is 2. The molecule has 0 aromatic carbocycles. The van der Waals surface area contributed by atoms with Gasteiger partial charge in [0, 0.05) is 19.3 Å². The number of anilines is 1. The second-order valence-electron chi connectivity index (χ2n) is 4.06. The van der Waals surface area contributed by atoms with E-state index < -0.39 is 0 Å². The Balaban J connectivity index is 2.07. The molecule has 0 aliphatic carbocycles. The molecule has 1 unspecified atom stereocenters. The van der Waals surface area contributed by atoms with Crippen LogP contribution in [0.1, 0.15) is 6.92 Å². The third kappa shape index (κ3) is 3.31. The molecule has 2 heterocycles. The van der Waals surface area contributed by atoms with Gasteiger partial charge in [-0.1, -0.05) is 18.5 Å². The SMILES string of the molecule is CCNCC1COCCN1c1ccc(Cl)cn1. The zero-order valence-electron chi connectivity index (χ0n) is 10.0. The molecule has 1 N–H and O–H groups in total. The van der Waals surface area contributed by atoms with E-state index in [0.717, 1.165) is 38.7 Å². The number of nitrogens with one attached hydrogen (secondary N) is 1. The zero-order valence-corrected chi connectivity index (χ0v) is 10.8. The molecule has 1 saturated heterocycles. The first kappa shape index (κ1) is 12.6. The van der Waals surface area contributed by atoms with Gasteiger partial charge in [0.15, 0.2) is 0 Å². The van der Waals surface area contributed by atoms with Crippen molar-refractivity contribution in [2.45, 2.75) is 13.0 Å². The summed E-state index contributed by atoms with van der Waals surface area (Å²) in [6.45, 7) is 6.38. The van der Waals surface area contributed by atoms with Gasteiger partial charge in [-0.3, -0.25) is 0 Å². The fourth-order valence-electron chi connectivity index (χ4n) is 1.97. The second kappa shape index (κ2) is 6.19. The fraction of sp³-hybridized carbons (Fsp3) is 0.583. The molecule has 0 bridgehead atoms. The van der Waals surface area contributed by atoms with Gasteiger partial charge in [0.25, 0.3) is 0 Å². The molecule has 0 saturated carbocycles. The summed E-state index contributed by atoms with van der Waals surface area (Å²) in [4.78, 5) is 6.65. The average Bonchev–Trinajstić information content (AvgIpc) is 2.38. The predicted octanol–water partition coefficient (Wildman–Crippen LogP) is 1.55. The molecule has 17 heavy (non-hydrogen) atoms. The smallest absolute Gasteiger partial charge is 0.129 e. The molecule has 2 rings (SSSR count). The summed E-state index contributed by atoms with van der Waals surface area (Å²) < 4.78 is 5.52. The Kier molecular flexibility index (Phi) is 4.59. The Labute approximate surface area is 107 Å². The summed E-state index contributed by atoms with van der Waals surface area (Å²) in [5.74, 6) is 0.973. The first-order valence-electron chi connectivity index (χ1n) is 5.98. The zero-order chi connectivity index (χ0) is 12.1. The van der Waals surface area contributed by atoms with Crippen LogP contribution in [0.4, 0.5) is 5.82 Å². The molecule has 5 heteroatoms. The third-order valence-corrected chi connectivity index (χ3v) is 3.09. The molecule has 0 amide bonds. The molecule has 0 radical (unpaired) electrons. The van der Waals surface area contributed by atoms with Crippen molar-refractivity contribution >= 4 is 17.4 Å². The minimum Gasteiger partial charge on any atom is -0.377 e. The van der Waals surface area contributed by atoms with Gasteiger partial charge in [0.1, 0.15) is 5.82 Å². The van der Waals surface area contributed by atoms with Crippen LogP contribution < -0.4 is 10.2 Å². The largest absolute Gasteiger partial charge is 0.377 e. The van der Waals surface area contributed by atoms with E-state index in [1.165, 1.54) is 0 Å². The van der Waals surface area contributed by atoms with Crippen LogP contribution in [0.3, 0.4) is 0 Å². The van der Waals surface area contributed by atoms with E-state index in [0.29, 0.717) is 11.1 Å². The Hall–Kier alpha value is -0.840. The normalized spacial score (nSPS) is 20.6. The number of hydrogen-bond acceptors (Lipinski definition) is 4. The predicted molar refractivity (Wildman–Crippen MR) is 69.7 cm³/mol. The lowest BCUT2D eigenvalue weighted by molar-refractivity contribution is 0.0935. The standard InChI is InChI=1S/C12H18ClN3O/c1-2-14-8-11-9-17-6-5-16(11)12-4-3-10(13)7-15-12/h3-4,7,11,14H,2,5-6,8-9H2,1H3. The molecule has 1 aliphatic rings. The summed E-state index contributed by atoms with van der Waals surface area (Å²) in [6, 6.07) is 4.19. The maximum absolute atomic E-state index is 5.85. The minimum atomic E-state index is 0.345. The molecule has 1 atom stereocenters. The van der Waals surface area contributed by atoms with Crippen molar-refractivity contribution in [3.8, 4) is 0 Å². The number of likely N-dealkylation sites (N-methyl/N-ethyl adjacent to an activating group) is 1.